The van der Waals surface area contributed by atoms with Gasteiger partial charge in [0.05, 0.1) is 5.69 Å². The molecule has 0 amide bonds. The van der Waals surface area contributed by atoms with Gasteiger partial charge in [-0.05, 0) is 31.0 Å². The summed E-state index contributed by atoms with van der Waals surface area (Å²) >= 11 is 0. The van der Waals surface area contributed by atoms with E-state index in [2.05, 4.69) is 4.98 Å². The largest absolute Gasteiger partial charge is 0.444 e. The lowest BCUT2D eigenvalue weighted by Gasteiger charge is -1.99. The van der Waals surface area contributed by atoms with E-state index in [1.807, 2.05) is 31.2 Å². The summed E-state index contributed by atoms with van der Waals surface area (Å²) in [7, 11) is 0. The number of aliphatic hydroxyl groups is 1. The Kier molecular flexibility index (Phi) is 2.83. The van der Waals surface area contributed by atoms with Gasteiger partial charge in [0.25, 0.3) is 0 Å². The number of aliphatic hydroxyl groups excluding tert-OH is 1. The smallest absolute Gasteiger partial charge is 0.226 e. The van der Waals surface area contributed by atoms with Gasteiger partial charge in [0.2, 0.25) is 5.89 Å². The fourth-order valence-corrected chi connectivity index (χ4v) is 1.43. The zero-order valence-electron chi connectivity index (χ0n) is 8.60. The molecule has 1 N–H and O–H groups in total. The monoisotopic (exact) mass is 203 g/mol. The fraction of sp³-hybridized carbons (Fsp3) is 0.250. The quantitative estimate of drug-likeness (QED) is 0.831. The standard InChI is InChI=1S/C12H13NO2/c1-9-8-15-12(13-9)11-4-2-10(3-5-11)6-7-14/h2-5,8,14H,6-7H2,1H3. The highest BCUT2D eigenvalue weighted by Crippen LogP contribution is 2.18. The number of rotatable bonds is 3. The zero-order chi connectivity index (χ0) is 10.7. The van der Waals surface area contributed by atoms with Crippen LogP contribution in [-0.2, 0) is 6.42 Å². The molecule has 1 aromatic carbocycles. The van der Waals surface area contributed by atoms with Crippen molar-refractivity contribution in [2.24, 2.45) is 0 Å². The van der Waals surface area contributed by atoms with Gasteiger partial charge in [-0.3, -0.25) is 0 Å². The van der Waals surface area contributed by atoms with Gasteiger partial charge in [-0.25, -0.2) is 4.98 Å². The molecule has 0 radical (unpaired) electrons. The van der Waals surface area contributed by atoms with Crippen LogP contribution in [0.3, 0.4) is 0 Å². The van der Waals surface area contributed by atoms with Gasteiger partial charge in [0.15, 0.2) is 0 Å². The number of hydrogen-bond donors (Lipinski definition) is 1. The van der Waals surface area contributed by atoms with Gasteiger partial charge in [0, 0.05) is 12.2 Å². The molecule has 1 aromatic heterocycles. The molecule has 0 spiro atoms. The minimum Gasteiger partial charge on any atom is -0.444 e. The van der Waals surface area contributed by atoms with E-state index < -0.39 is 0 Å². The van der Waals surface area contributed by atoms with Crippen molar-refractivity contribution < 1.29 is 9.52 Å². The van der Waals surface area contributed by atoms with E-state index in [1.54, 1.807) is 6.26 Å². The second-order valence-electron chi connectivity index (χ2n) is 3.46. The van der Waals surface area contributed by atoms with E-state index in [0.29, 0.717) is 12.3 Å². The summed E-state index contributed by atoms with van der Waals surface area (Å²) in [4.78, 5) is 4.24. The maximum absolute atomic E-state index is 8.78. The van der Waals surface area contributed by atoms with E-state index in [-0.39, 0.29) is 6.61 Å². The van der Waals surface area contributed by atoms with Crippen LogP contribution in [0.1, 0.15) is 11.3 Å². The van der Waals surface area contributed by atoms with Crippen LogP contribution in [0.25, 0.3) is 11.5 Å². The number of aromatic nitrogens is 1. The van der Waals surface area contributed by atoms with Crippen LogP contribution in [0.15, 0.2) is 34.9 Å². The molecule has 3 nitrogen and oxygen atoms in total. The first-order chi connectivity index (χ1) is 7.29. The Morgan fingerprint density at radius 2 is 2.00 bits per heavy atom. The Bertz CT molecular complexity index is 431. The average molecular weight is 203 g/mol. The van der Waals surface area contributed by atoms with Gasteiger partial charge >= 0.3 is 0 Å². The lowest BCUT2D eigenvalue weighted by molar-refractivity contribution is 0.299. The number of aryl methyl sites for hydroxylation is 1. The predicted molar refractivity (Wildman–Crippen MR) is 57.5 cm³/mol. The van der Waals surface area contributed by atoms with E-state index >= 15 is 0 Å². The van der Waals surface area contributed by atoms with Crippen LogP contribution in [0.5, 0.6) is 0 Å². The van der Waals surface area contributed by atoms with Crippen LogP contribution in [0.4, 0.5) is 0 Å². The number of benzene rings is 1. The molecule has 0 fully saturated rings. The molecule has 2 rings (SSSR count). The molecule has 0 saturated carbocycles. The molecule has 0 saturated heterocycles. The fourth-order valence-electron chi connectivity index (χ4n) is 1.43. The molecular weight excluding hydrogens is 190 g/mol. The van der Waals surface area contributed by atoms with Gasteiger partial charge in [-0.2, -0.15) is 0 Å². The van der Waals surface area contributed by atoms with Crippen LogP contribution in [0.2, 0.25) is 0 Å². The lowest BCUT2D eigenvalue weighted by Crippen LogP contribution is -1.89. The number of nitrogens with zero attached hydrogens (tertiary/aromatic N) is 1. The number of hydrogen-bond acceptors (Lipinski definition) is 3. The maximum Gasteiger partial charge on any atom is 0.226 e. The first-order valence-corrected chi connectivity index (χ1v) is 4.92. The molecule has 0 unspecified atom stereocenters. The Hall–Kier alpha value is -1.61. The van der Waals surface area contributed by atoms with Crippen LogP contribution in [0, 0.1) is 6.92 Å². The molecular formula is C12H13NO2. The average Bonchev–Trinajstić information content (AvgIpc) is 2.67. The van der Waals surface area contributed by atoms with E-state index in [4.69, 9.17) is 9.52 Å². The Morgan fingerprint density at radius 3 is 2.53 bits per heavy atom. The summed E-state index contributed by atoms with van der Waals surface area (Å²) in [6.45, 7) is 2.07. The molecule has 2 aromatic rings. The summed E-state index contributed by atoms with van der Waals surface area (Å²) < 4.78 is 5.29. The number of oxazole rings is 1. The van der Waals surface area contributed by atoms with Crippen molar-refractivity contribution in [2.45, 2.75) is 13.3 Å². The Morgan fingerprint density at radius 1 is 1.27 bits per heavy atom. The topological polar surface area (TPSA) is 46.3 Å². The van der Waals surface area contributed by atoms with Crippen LogP contribution in [-0.4, -0.2) is 16.7 Å². The maximum atomic E-state index is 8.78. The molecule has 15 heavy (non-hydrogen) atoms. The van der Waals surface area contributed by atoms with E-state index in [9.17, 15) is 0 Å². The van der Waals surface area contributed by atoms with Crippen LogP contribution < -0.4 is 0 Å². The van der Waals surface area contributed by atoms with Crippen molar-refractivity contribution in [3.63, 3.8) is 0 Å². The second kappa shape index (κ2) is 4.28. The molecule has 3 heteroatoms. The summed E-state index contributed by atoms with van der Waals surface area (Å²) in [5.41, 5.74) is 2.96. The molecule has 0 atom stereocenters. The van der Waals surface area contributed by atoms with Crippen molar-refractivity contribution in [2.75, 3.05) is 6.61 Å². The summed E-state index contributed by atoms with van der Waals surface area (Å²) in [5.74, 6) is 0.642. The van der Waals surface area contributed by atoms with Crippen LogP contribution >= 0.6 is 0 Å². The van der Waals surface area contributed by atoms with Gasteiger partial charge in [-0.15, -0.1) is 0 Å². The van der Waals surface area contributed by atoms with Gasteiger partial charge < -0.3 is 9.52 Å². The Labute approximate surface area is 88.4 Å². The van der Waals surface area contributed by atoms with Crippen molar-refractivity contribution in [3.8, 4) is 11.5 Å². The van der Waals surface area contributed by atoms with Gasteiger partial charge in [-0.1, -0.05) is 12.1 Å². The highest BCUT2D eigenvalue weighted by atomic mass is 16.3. The predicted octanol–water partition coefficient (Wildman–Crippen LogP) is 2.18. The second-order valence-corrected chi connectivity index (χ2v) is 3.46. The van der Waals surface area contributed by atoms with Crippen molar-refractivity contribution in [1.82, 2.24) is 4.98 Å². The first-order valence-electron chi connectivity index (χ1n) is 4.92. The SMILES string of the molecule is Cc1coc(-c2ccc(CCO)cc2)n1. The lowest BCUT2D eigenvalue weighted by atomic mass is 10.1. The molecule has 0 aliphatic carbocycles. The molecule has 1 heterocycles. The normalized spacial score (nSPS) is 10.5. The third-order valence-electron chi connectivity index (χ3n) is 2.22. The molecule has 0 bridgehead atoms. The minimum absolute atomic E-state index is 0.178. The first kappa shape index (κ1) is 9.93. The molecule has 0 aliphatic rings. The molecule has 0 aliphatic heterocycles. The highest BCUT2D eigenvalue weighted by molar-refractivity contribution is 5.53. The third kappa shape index (κ3) is 2.25. The summed E-state index contributed by atoms with van der Waals surface area (Å²) in [5, 5.41) is 8.78. The van der Waals surface area contributed by atoms with Crippen molar-refractivity contribution in [3.05, 3.63) is 41.8 Å². The van der Waals surface area contributed by atoms with Crippen molar-refractivity contribution >= 4 is 0 Å². The molecule has 78 valence electrons. The highest BCUT2D eigenvalue weighted by Gasteiger charge is 2.03. The summed E-state index contributed by atoms with van der Waals surface area (Å²) in [6.07, 6.45) is 2.32. The Balaban J connectivity index is 2.23. The van der Waals surface area contributed by atoms with Crippen molar-refractivity contribution in [1.29, 1.82) is 0 Å². The zero-order valence-corrected chi connectivity index (χ0v) is 8.60. The summed E-state index contributed by atoms with van der Waals surface area (Å²) in [6, 6.07) is 7.86. The minimum atomic E-state index is 0.178. The third-order valence-corrected chi connectivity index (χ3v) is 2.22. The van der Waals surface area contributed by atoms with E-state index in [1.165, 1.54) is 0 Å². The van der Waals surface area contributed by atoms with Gasteiger partial charge in [0.1, 0.15) is 6.26 Å². The van der Waals surface area contributed by atoms with E-state index in [0.717, 1.165) is 16.8 Å².